The molecule has 1 saturated carbocycles. The minimum Gasteiger partial charge on any atom is -0.393 e. The molecular weight excluding hydrogens is 267 g/mol. The van der Waals surface area contributed by atoms with E-state index in [4.69, 9.17) is 0 Å². The summed E-state index contributed by atoms with van der Waals surface area (Å²) < 4.78 is 13.7. The highest BCUT2D eigenvalue weighted by Crippen LogP contribution is 2.28. The third kappa shape index (κ3) is 4.50. The molecule has 1 aromatic carbocycles. The molecule has 4 heteroatoms. The molecule has 0 spiro atoms. The van der Waals surface area contributed by atoms with Gasteiger partial charge in [-0.2, -0.15) is 0 Å². The smallest absolute Gasteiger partial charge is 0.126 e. The average molecular weight is 294 g/mol. The van der Waals surface area contributed by atoms with Gasteiger partial charge in [0.2, 0.25) is 0 Å². The van der Waals surface area contributed by atoms with Crippen LogP contribution in [0.15, 0.2) is 18.2 Å². The second kappa shape index (κ2) is 7.34. The molecule has 1 unspecified atom stereocenters. The topological polar surface area (TPSA) is 35.5 Å². The second-order valence-electron chi connectivity index (χ2n) is 6.39. The van der Waals surface area contributed by atoms with Crippen LogP contribution in [0.4, 0.5) is 4.39 Å². The number of hydrogen-bond donors (Lipinski definition) is 2. The summed E-state index contributed by atoms with van der Waals surface area (Å²) in [5.41, 5.74) is 1.70. The van der Waals surface area contributed by atoms with Gasteiger partial charge in [-0.05, 0) is 69.9 Å². The van der Waals surface area contributed by atoms with Gasteiger partial charge in [-0.15, -0.1) is 0 Å². The van der Waals surface area contributed by atoms with Crippen LogP contribution < -0.4 is 5.32 Å². The van der Waals surface area contributed by atoms with Gasteiger partial charge in [-0.25, -0.2) is 4.39 Å². The summed E-state index contributed by atoms with van der Waals surface area (Å²) in [6, 6.07) is 5.66. The highest BCUT2D eigenvalue weighted by Gasteiger charge is 2.27. The lowest BCUT2D eigenvalue weighted by atomic mass is 9.82. The molecule has 118 valence electrons. The van der Waals surface area contributed by atoms with Crippen molar-refractivity contribution in [3.63, 3.8) is 0 Å². The van der Waals surface area contributed by atoms with Crippen LogP contribution in [0, 0.1) is 18.7 Å². The number of hydrogen-bond acceptors (Lipinski definition) is 3. The molecule has 0 radical (unpaired) electrons. The van der Waals surface area contributed by atoms with Crippen LogP contribution >= 0.6 is 0 Å². The number of rotatable bonds is 7. The van der Waals surface area contributed by atoms with Crippen molar-refractivity contribution >= 4 is 0 Å². The van der Waals surface area contributed by atoms with E-state index in [9.17, 15) is 9.50 Å². The van der Waals surface area contributed by atoms with Crippen molar-refractivity contribution in [1.82, 2.24) is 10.2 Å². The minimum atomic E-state index is -0.135. The maximum atomic E-state index is 13.7. The van der Waals surface area contributed by atoms with Crippen molar-refractivity contribution in [3.05, 3.63) is 35.1 Å². The summed E-state index contributed by atoms with van der Waals surface area (Å²) in [7, 11) is 4.04. The molecule has 1 fully saturated rings. The van der Waals surface area contributed by atoms with Crippen LogP contribution in [-0.2, 0) is 0 Å². The Morgan fingerprint density at radius 2 is 2.14 bits per heavy atom. The molecule has 2 N–H and O–H groups in total. The first-order valence-corrected chi connectivity index (χ1v) is 7.79. The Labute approximate surface area is 127 Å². The molecule has 0 saturated heterocycles. The molecule has 2 rings (SSSR count). The van der Waals surface area contributed by atoms with Crippen molar-refractivity contribution in [3.8, 4) is 0 Å². The zero-order chi connectivity index (χ0) is 15.4. The third-order valence-electron chi connectivity index (χ3n) is 4.53. The van der Waals surface area contributed by atoms with Crippen LogP contribution in [0.3, 0.4) is 0 Å². The monoisotopic (exact) mass is 294 g/mol. The van der Waals surface area contributed by atoms with Gasteiger partial charge in [0.15, 0.2) is 0 Å². The lowest BCUT2D eigenvalue weighted by Crippen LogP contribution is -2.38. The molecule has 1 atom stereocenters. The maximum Gasteiger partial charge on any atom is 0.126 e. The number of aryl methyl sites for hydroxylation is 1. The zero-order valence-corrected chi connectivity index (χ0v) is 13.3. The third-order valence-corrected chi connectivity index (χ3v) is 4.53. The summed E-state index contributed by atoms with van der Waals surface area (Å²) in [6.45, 7) is 3.79. The molecule has 0 amide bonds. The molecular formula is C17H27FN2O. The van der Waals surface area contributed by atoms with Gasteiger partial charge in [0.25, 0.3) is 0 Å². The van der Waals surface area contributed by atoms with Crippen molar-refractivity contribution in [2.24, 2.45) is 5.92 Å². The van der Waals surface area contributed by atoms with Gasteiger partial charge in [-0.1, -0.05) is 12.1 Å². The Kier molecular flexibility index (Phi) is 5.73. The first-order chi connectivity index (χ1) is 9.99. The van der Waals surface area contributed by atoms with Crippen LogP contribution in [0.2, 0.25) is 0 Å². The Morgan fingerprint density at radius 1 is 1.43 bits per heavy atom. The van der Waals surface area contributed by atoms with Crippen molar-refractivity contribution < 1.29 is 9.50 Å². The van der Waals surface area contributed by atoms with Gasteiger partial charge in [0.05, 0.1) is 6.10 Å². The Balaban J connectivity index is 1.82. The van der Waals surface area contributed by atoms with Gasteiger partial charge in [-0.3, -0.25) is 0 Å². The molecule has 0 heterocycles. The van der Waals surface area contributed by atoms with Crippen molar-refractivity contribution in [2.45, 2.75) is 38.3 Å². The molecule has 21 heavy (non-hydrogen) atoms. The van der Waals surface area contributed by atoms with E-state index in [-0.39, 0.29) is 18.0 Å². The zero-order valence-electron chi connectivity index (χ0n) is 13.3. The molecule has 0 aliphatic heterocycles. The van der Waals surface area contributed by atoms with Crippen molar-refractivity contribution in [1.29, 1.82) is 0 Å². The number of halogens is 1. The lowest BCUT2D eigenvalue weighted by molar-refractivity contribution is 0.0279. The van der Waals surface area contributed by atoms with Crippen LogP contribution in [-0.4, -0.2) is 43.3 Å². The lowest BCUT2D eigenvalue weighted by Gasteiger charge is -2.34. The molecule has 0 bridgehead atoms. The Morgan fingerprint density at radius 3 is 2.71 bits per heavy atom. The molecule has 3 nitrogen and oxygen atoms in total. The summed E-state index contributed by atoms with van der Waals surface area (Å²) in [5, 5.41) is 12.6. The van der Waals surface area contributed by atoms with Crippen LogP contribution in [0.25, 0.3) is 0 Å². The fourth-order valence-corrected chi connectivity index (χ4v) is 3.03. The van der Waals surface area contributed by atoms with Gasteiger partial charge in [0, 0.05) is 12.6 Å². The number of aliphatic hydroxyl groups is 1. The van der Waals surface area contributed by atoms with E-state index in [2.05, 4.69) is 17.3 Å². The van der Waals surface area contributed by atoms with Crippen LogP contribution in [0.5, 0.6) is 0 Å². The first kappa shape index (κ1) is 16.4. The average Bonchev–Trinajstić information content (AvgIpc) is 2.41. The minimum absolute atomic E-state index is 0.0796. The SMILES string of the molecule is CNC(CCN(C)CC1CC(O)C1)c1ccc(C)c(F)c1. The van der Waals surface area contributed by atoms with Gasteiger partial charge >= 0.3 is 0 Å². The quantitative estimate of drug-likeness (QED) is 0.811. The first-order valence-electron chi connectivity index (χ1n) is 7.79. The molecule has 0 aromatic heterocycles. The number of nitrogens with one attached hydrogen (secondary N) is 1. The van der Waals surface area contributed by atoms with E-state index in [1.165, 1.54) is 0 Å². The summed E-state index contributed by atoms with van der Waals surface area (Å²) >= 11 is 0. The second-order valence-corrected chi connectivity index (χ2v) is 6.39. The maximum absolute atomic E-state index is 13.7. The highest BCUT2D eigenvalue weighted by molar-refractivity contribution is 5.25. The molecule has 1 aliphatic rings. The largest absolute Gasteiger partial charge is 0.393 e. The van der Waals surface area contributed by atoms with Crippen molar-refractivity contribution in [2.75, 3.05) is 27.2 Å². The van der Waals surface area contributed by atoms with Gasteiger partial charge < -0.3 is 15.3 Å². The standard InChI is InChI=1S/C17H27FN2O/c1-12-4-5-14(10-16(12)18)17(19-2)6-7-20(3)11-13-8-15(21)9-13/h4-5,10,13,15,17,19,21H,6-9,11H2,1-3H3. The predicted molar refractivity (Wildman–Crippen MR) is 83.8 cm³/mol. The van der Waals surface area contributed by atoms with Crippen LogP contribution in [0.1, 0.15) is 36.4 Å². The number of benzene rings is 1. The number of aliphatic hydroxyl groups excluding tert-OH is 1. The van der Waals surface area contributed by atoms with E-state index in [1.54, 1.807) is 13.0 Å². The molecule has 1 aliphatic carbocycles. The van der Waals surface area contributed by atoms with E-state index in [1.807, 2.05) is 19.2 Å². The Hall–Kier alpha value is -0.970. The summed E-state index contributed by atoms with van der Waals surface area (Å²) in [4.78, 5) is 2.31. The fraction of sp³-hybridized carbons (Fsp3) is 0.647. The summed E-state index contributed by atoms with van der Waals surface area (Å²) in [6.07, 6.45) is 2.74. The predicted octanol–water partition coefficient (Wildman–Crippen LogP) is 2.49. The van der Waals surface area contributed by atoms with E-state index in [0.29, 0.717) is 11.5 Å². The van der Waals surface area contributed by atoms with E-state index in [0.717, 1.165) is 37.9 Å². The fourth-order valence-electron chi connectivity index (χ4n) is 3.03. The normalized spacial score (nSPS) is 23.1. The Bertz CT molecular complexity index is 460. The highest BCUT2D eigenvalue weighted by atomic mass is 19.1. The number of nitrogens with zero attached hydrogens (tertiary/aromatic N) is 1. The van der Waals surface area contributed by atoms with E-state index >= 15 is 0 Å². The van der Waals surface area contributed by atoms with Gasteiger partial charge in [0.1, 0.15) is 5.82 Å². The van der Waals surface area contributed by atoms with E-state index < -0.39 is 0 Å². The molecule has 1 aromatic rings. The summed E-state index contributed by atoms with van der Waals surface area (Å²) in [5.74, 6) is 0.499.